The second kappa shape index (κ2) is 9.77. The lowest BCUT2D eigenvalue weighted by atomic mass is 10.1. The van der Waals surface area contributed by atoms with Crippen LogP contribution in [0.1, 0.15) is 52.4 Å². The van der Waals surface area contributed by atoms with Crippen LogP contribution in [-0.4, -0.2) is 23.8 Å². The summed E-state index contributed by atoms with van der Waals surface area (Å²) < 4.78 is 5.39. The minimum absolute atomic E-state index is 0.140. The molecular formula is C11H24N2O2. The van der Waals surface area contributed by atoms with Gasteiger partial charge in [0.2, 0.25) is 0 Å². The third-order valence-corrected chi connectivity index (χ3v) is 2.40. The molecule has 0 saturated heterocycles. The second-order valence-corrected chi connectivity index (χ2v) is 3.81. The fourth-order valence-corrected chi connectivity index (χ4v) is 1.31. The van der Waals surface area contributed by atoms with Crippen LogP contribution in [-0.2, 0) is 4.74 Å². The van der Waals surface area contributed by atoms with Gasteiger partial charge in [-0.25, -0.2) is 0 Å². The van der Waals surface area contributed by atoms with E-state index in [-0.39, 0.29) is 11.9 Å². The molecule has 4 heteroatoms. The summed E-state index contributed by atoms with van der Waals surface area (Å²) in [7, 11) is 0. The first-order valence-corrected chi connectivity index (χ1v) is 5.81. The first-order valence-electron chi connectivity index (χ1n) is 5.81. The van der Waals surface area contributed by atoms with Gasteiger partial charge >= 0.3 is 0 Å². The van der Waals surface area contributed by atoms with Crippen LogP contribution < -0.4 is 5.73 Å². The van der Waals surface area contributed by atoms with Crippen molar-refractivity contribution in [1.29, 1.82) is 0 Å². The summed E-state index contributed by atoms with van der Waals surface area (Å²) in [6.07, 6.45) is 7.14. The average molecular weight is 216 g/mol. The minimum Gasteiger partial charge on any atom is -0.409 e. The number of unbranched alkanes of at least 4 members (excludes halogenated alkanes) is 5. The van der Waals surface area contributed by atoms with Crippen LogP contribution in [0.5, 0.6) is 0 Å². The maximum Gasteiger partial charge on any atom is 0.168 e. The van der Waals surface area contributed by atoms with E-state index in [1.54, 1.807) is 6.92 Å². The topological polar surface area (TPSA) is 67.8 Å². The highest BCUT2D eigenvalue weighted by molar-refractivity contribution is 5.83. The second-order valence-electron chi connectivity index (χ2n) is 3.81. The first kappa shape index (κ1) is 14.2. The highest BCUT2D eigenvalue weighted by atomic mass is 16.5. The predicted octanol–water partition coefficient (Wildman–Crippen LogP) is 2.50. The van der Waals surface area contributed by atoms with Gasteiger partial charge in [-0.1, -0.05) is 44.2 Å². The molecule has 15 heavy (non-hydrogen) atoms. The molecule has 0 aliphatic carbocycles. The van der Waals surface area contributed by atoms with Gasteiger partial charge < -0.3 is 15.7 Å². The zero-order valence-corrected chi connectivity index (χ0v) is 9.91. The molecular weight excluding hydrogens is 192 g/mol. The number of amidine groups is 1. The summed E-state index contributed by atoms with van der Waals surface area (Å²) in [5.74, 6) is 0.140. The molecule has 1 unspecified atom stereocenters. The Hall–Kier alpha value is -0.770. The lowest BCUT2D eigenvalue weighted by Gasteiger charge is -2.10. The van der Waals surface area contributed by atoms with E-state index in [2.05, 4.69) is 12.1 Å². The molecule has 0 radical (unpaired) electrons. The van der Waals surface area contributed by atoms with E-state index in [9.17, 15) is 0 Å². The number of ether oxygens (including phenoxy) is 1. The summed E-state index contributed by atoms with van der Waals surface area (Å²) in [4.78, 5) is 0. The van der Waals surface area contributed by atoms with Crippen molar-refractivity contribution in [3.8, 4) is 0 Å². The van der Waals surface area contributed by atoms with Crippen molar-refractivity contribution in [3.05, 3.63) is 0 Å². The molecule has 0 spiro atoms. The maximum atomic E-state index is 8.39. The van der Waals surface area contributed by atoms with Crippen LogP contribution in [0.4, 0.5) is 0 Å². The SMILES string of the molecule is CCCCCCCCOC(C)C(N)=NO. The molecule has 0 aromatic heterocycles. The van der Waals surface area contributed by atoms with Crippen LogP contribution in [0, 0.1) is 0 Å². The van der Waals surface area contributed by atoms with Crippen molar-refractivity contribution in [2.75, 3.05) is 6.61 Å². The molecule has 0 amide bonds. The molecule has 0 fully saturated rings. The molecule has 90 valence electrons. The summed E-state index contributed by atoms with van der Waals surface area (Å²) in [6, 6.07) is 0. The molecule has 1 atom stereocenters. The molecule has 0 bridgehead atoms. The third kappa shape index (κ3) is 8.24. The summed E-state index contributed by atoms with van der Waals surface area (Å²) in [5.41, 5.74) is 5.37. The Morgan fingerprint density at radius 3 is 2.47 bits per heavy atom. The molecule has 0 aliphatic rings. The van der Waals surface area contributed by atoms with E-state index >= 15 is 0 Å². The van der Waals surface area contributed by atoms with Gasteiger partial charge in [0.25, 0.3) is 0 Å². The highest BCUT2D eigenvalue weighted by Crippen LogP contribution is 2.05. The molecule has 0 heterocycles. The molecule has 3 N–H and O–H groups in total. The standard InChI is InChI=1S/C11H24N2O2/c1-3-4-5-6-7-8-9-15-10(2)11(12)13-14/h10,14H,3-9H2,1-2H3,(H2,12,13). The Balaban J connectivity index is 3.24. The summed E-state index contributed by atoms with van der Waals surface area (Å²) in [6.45, 7) is 4.68. The summed E-state index contributed by atoms with van der Waals surface area (Å²) in [5, 5.41) is 11.3. The largest absolute Gasteiger partial charge is 0.409 e. The Morgan fingerprint density at radius 1 is 1.27 bits per heavy atom. The fraction of sp³-hybridized carbons (Fsp3) is 0.909. The molecule has 0 saturated carbocycles. The Bertz CT molecular complexity index is 172. The highest BCUT2D eigenvalue weighted by Gasteiger charge is 2.06. The van der Waals surface area contributed by atoms with Gasteiger partial charge in [-0.2, -0.15) is 0 Å². The van der Waals surface area contributed by atoms with Gasteiger partial charge in [-0.15, -0.1) is 0 Å². The van der Waals surface area contributed by atoms with Gasteiger partial charge in [0.15, 0.2) is 5.84 Å². The Labute approximate surface area is 92.5 Å². The quantitative estimate of drug-likeness (QED) is 0.204. The third-order valence-electron chi connectivity index (χ3n) is 2.40. The number of nitrogens with zero attached hydrogens (tertiary/aromatic N) is 1. The van der Waals surface area contributed by atoms with Crippen molar-refractivity contribution in [2.45, 2.75) is 58.5 Å². The van der Waals surface area contributed by atoms with Crippen LogP contribution in [0.25, 0.3) is 0 Å². The summed E-state index contributed by atoms with van der Waals surface area (Å²) >= 11 is 0. The van der Waals surface area contributed by atoms with Crippen molar-refractivity contribution < 1.29 is 9.94 Å². The van der Waals surface area contributed by atoms with Crippen molar-refractivity contribution in [2.24, 2.45) is 10.9 Å². The smallest absolute Gasteiger partial charge is 0.168 e. The van der Waals surface area contributed by atoms with Gasteiger partial charge in [0, 0.05) is 6.61 Å². The Kier molecular flexibility index (Phi) is 9.27. The van der Waals surface area contributed by atoms with Gasteiger partial charge in [0.05, 0.1) is 0 Å². The normalized spacial score (nSPS) is 14.1. The molecule has 0 rings (SSSR count). The lowest BCUT2D eigenvalue weighted by molar-refractivity contribution is 0.102. The van der Waals surface area contributed by atoms with E-state index in [1.165, 1.54) is 32.1 Å². The van der Waals surface area contributed by atoms with E-state index in [0.29, 0.717) is 6.61 Å². The minimum atomic E-state index is -0.286. The first-order chi connectivity index (χ1) is 7.22. The number of hydrogen-bond acceptors (Lipinski definition) is 3. The number of oxime groups is 1. The Morgan fingerprint density at radius 2 is 1.87 bits per heavy atom. The van der Waals surface area contributed by atoms with E-state index < -0.39 is 0 Å². The van der Waals surface area contributed by atoms with Crippen LogP contribution in [0.3, 0.4) is 0 Å². The molecule has 0 aromatic carbocycles. The van der Waals surface area contributed by atoms with E-state index in [1.807, 2.05) is 0 Å². The number of hydrogen-bond donors (Lipinski definition) is 2. The fourth-order valence-electron chi connectivity index (χ4n) is 1.31. The van der Waals surface area contributed by atoms with Gasteiger partial charge in [0.1, 0.15) is 6.10 Å². The van der Waals surface area contributed by atoms with E-state index in [4.69, 9.17) is 15.7 Å². The van der Waals surface area contributed by atoms with Gasteiger partial charge in [-0.3, -0.25) is 0 Å². The number of nitrogens with two attached hydrogens (primary N) is 1. The van der Waals surface area contributed by atoms with Gasteiger partial charge in [-0.05, 0) is 13.3 Å². The van der Waals surface area contributed by atoms with Crippen molar-refractivity contribution in [3.63, 3.8) is 0 Å². The lowest BCUT2D eigenvalue weighted by Crippen LogP contribution is -2.29. The maximum absolute atomic E-state index is 8.39. The predicted molar refractivity (Wildman–Crippen MR) is 62.2 cm³/mol. The van der Waals surface area contributed by atoms with E-state index in [0.717, 1.165) is 6.42 Å². The van der Waals surface area contributed by atoms with Crippen LogP contribution in [0.15, 0.2) is 5.16 Å². The molecule has 4 nitrogen and oxygen atoms in total. The van der Waals surface area contributed by atoms with Crippen molar-refractivity contribution in [1.82, 2.24) is 0 Å². The molecule has 0 aromatic rings. The van der Waals surface area contributed by atoms with Crippen molar-refractivity contribution >= 4 is 5.84 Å². The average Bonchev–Trinajstić information content (AvgIpc) is 2.26. The monoisotopic (exact) mass is 216 g/mol. The zero-order chi connectivity index (χ0) is 11.5. The zero-order valence-electron chi connectivity index (χ0n) is 9.91. The molecule has 0 aliphatic heterocycles. The number of rotatable bonds is 9. The van der Waals surface area contributed by atoms with Crippen LogP contribution in [0.2, 0.25) is 0 Å². The van der Waals surface area contributed by atoms with Crippen LogP contribution >= 0.6 is 0 Å².